The Bertz CT molecular complexity index is 549. The molecule has 0 unspecified atom stereocenters. The van der Waals surface area contributed by atoms with Gasteiger partial charge < -0.3 is 5.10 Å². The predicted molar refractivity (Wildman–Crippen MR) is 66.9 cm³/mol. The summed E-state index contributed by atoms with van der Waals surface area (Å²) in [5.74, 6) is 1.11. The van der Waals surface area contributed by atoms with E-state index in [9.17, 15) is 0 Å². The highest BCUT2D eigenvalue weighted by Gasteiger charge is 2.11. The Morgan fingerprint density at radius 1 is 1.47 bits per heavy atom. The molecule has 7 heteroatoms. The van der Waals surface area contributed by atoms with Gasteiger partial charge in [-0.05, 0) is 18.1 Å². The fraction of sp³-hybridized carbons (Fsp3) is 0.600. The van der Waals surface area contributed by atoms with Crippen LogP contribution in [0.15, 0.2) is 6.20 Å². The minimum atomic E-state index is 0.535. The predicted octanol–water partition coefficient (Wildman–Crippen LogP) is 1.88. The molecular formula is C10H16N6S. The van der Waals surface area contributed by atoms with E-state index in [2.05, 4.69) is 34.4 Å². The number of hydrogen-bond donors (Lipinski definition) is 1. The zero-order chi connectivity index (χ0) is 12.4. The van der Waals surface area contributed by atoms with Crippen molar-refractivity contribution in [3.8, 4) is 11.4 Å². The Hall–Kier alpha value is -1.50. The first kappa shape index (κ1) is 12.0. The quantitative estimate of drug-likeness (QED) is 0.844. The summed E-state index contributed by atoms with van der Waals surface area (Å²) in [4.78, 5) is 1.55. The van der Waals surface area contributed by atoms with Crippen molar-refractivity contribution in [3.05, 3.63) is 10.8 Å². The fourth-order valence-corrected chi connectivity index (χ4v) is 1.83. The van der Waals surface area contributed by atoms with Crippen LogP contribution >= 0.6 is 12.2 Å². The number of aromatic nitrogens is 6. The summed E-state index contributed by atoms with van der Waals surface area (Å²) in [5, 5.41) is 15.3. The van der Waals surface area contributed by atoms with Gasteiger partial charge in [0.1, 0.15) is 4.64 Å². The first-order chi connectivity index (χ1) is 8.11. The van der Waals surface area contributed by atoms with E-state index in [4.69, 9.17) is 12.2 Å². The Balaban J connectivity index is 2.33. The summed E-state index contributed by atoms with van der Waals surface area (Å²) < 4.78 is 2.66. The third-order valence-electron chi connectivity index (χ3n) is 2.36. The van der Waals surface area contributed by atoms with Crippen molar-refractivity contribution in [2.24, 2.45) is 5.92 Å². The van der Waals surface area contributed by atoms with Gasteiger partial charge in [-0.15, -0.1) is 10.2 Å². The molecule has 2 rings (SSSR count). The Morgan fingerprint density at radius 2 is 2.24 bits per heavy atom. The highest BCUT2D eigenvalue weighted by molar-refractivity contribution is 7.71. The molecular weight excluding hydrogens is 236 g/mol. The molecule has 2 aromatic heterocycles. The first-order valence-electron chi connectivity index (χ1n) is 5.68. The highest BCUT2D eigenvalue weighted by Crippen LogP contribution is 2.15. The van der Waals surface area contributed by atoms with Gasteiger partial charge in [-0.3, -0.25) is 4.68 Å². The molecule has 0 saturated heterocycles. The second-order valence-electron chi connectivity index (χ2n) is 4.30. The molecule has 0 atom stereocenters. The van der Waals surface area contributed by atoms with Crippen molar-refractivity contribution >= 4 is 12.2 Å². The summed E-state index contributed by atoms with van der Waals surface area (Å²) in [7, 11) is 0. The number of aromatic amines is 1. The van der Waals surface area contributed by atoms with E-state index in [1.165, 1.54) is 0 Å². The van der Waals surface area contributed by atoms with Crippen LogP contribution in [0, 0.1) is 10.6 Å². The van der Waals surface area contributed by atoms with Crippen LogP contribution in [0.1, 0.15) is 20.8 Å². The number of rotatable bonds is 4. The third kappa shape index (κ3) is 2.44. The largest absolute Gasteiger partial charge is 0.304 e. The van der Waals surface area contributed by atoms with Crippen molar-refractivity contribution in [1.82, 2.24) is 30.0 Å². The molecule has 0 spiro atoms. The first-order valence-corrected chi connectivity index (χ1v) is 6.09. The standard InChI is InChI=1S/C10H16N6S/c1-4-16-13-9(12-14-16)8-5-11-15(10(8)17)6-7(2)3/h5,7,11H,4,6H2,1-3H3. The van der Waals surface area contributed by atoms with Crippen molar-refractivity contribution in [2.75, 3.05) is 0 Å². The van der Waals surface area contributed by atoms with Crippen molar-refractivity contribution < 1.29 is 0 Å². The van der Waals surface area contributed by atoms with Gasteiger partial charge in [-0.25, -0.2) is 0 Å². The van der Waals surface area contributed by atoms with Gasteiger partial charge in [0.25, 0.3) is 0 Å². The minimum Gasteiger partial charge on any atom is -0.304 e. The molecule has 2 aromatic rings. The number of nitrogens with one attached hydrogen (secondary N) is 1. The lowest BCUT2D eigenvalue weighted by Crippen LogP contribution is -2.05. The van der Waals surface area contributed by atoms with Crippen LogP contribution in [0.4, 0.5) is 0 Å². The summed E-state index contributed by atoms with van der Waals surface area (Å²) in [6, 6.07) is 0. The molecule has 0 aliphatic rings. The van der Waals surface area contributed by atoms with E-state index in [0.717, 1.165) is 16.7 Å². The summed E-state index contributed by atoms with van der Waals surface area (Å²) >= 11 is 5.39. The zero-order valence-corrected chi connectivity index (χ0v) is 11.0. The lowest BCUT2D eigenvalue weighted by Gasteiger charge is -2.04. The number of tetrazole rings is 1. The maximum Gasteiger partial charge on any atom is 0.209 e. The second kappa shape index (κ2) is 4.79. The van der Waals surface area contributed by atoms with Gasteiger partial charge in [-0.2, -0.15) is 4.80 Å². The average Bonchev–Trinajstić information content (AvgIpc) is 2.86. The molecule has 0 amide bonds. The number of aryl methyl sites for hydroxylation is 1. The normalized spacial score (nSPS) is 11.3. The fourth-order valence-electron chi connectivity index (χ4n) is 1.55. The van der Waals surface area contributed by atoms with Gasteiger partial charge in [0.2, 0.25) is 5.82 Å². The molecule has 0 aromatic carbocycles. The molecule has 1 N–H and O–H groups in total. The van der Waals surface area contributed by atoms with E-state index in [1.54, 1.807) is 4.80 Å². The lowest BCUT2D eigenvalue weighted by atomic mass is 10.2. The molecule has 92 valence electrons. The smallest absolute Gasteiger partial charge is 0.209 e. The molecule has 17 heavy (non-hydrogen) atoms. The summed E-state index contributed by atoms with van der Waals surface area (Å²) in [5.41, 5.74) is 0.834. The average molecular weight is 252 g/mol. The zero-order valence-electron chi connectivity index (χ0n) is 10.2. The maximum absolute atomic E-state index is 5.39. The van der Waals surface area contributed by atoms with Crippen LogP contribution < -0.4 is 0 Å². The van der Waals surface area contributed by atoms with Gasteiger partial charge in [0.05, 0.1) is 12.1 Å². The van der Waals surface area contributed by atoms with E-state index in [0.29, 0.717) is 18.3 Å². The molecule has 0 radical (unpaired) electrons. The number of H-pyrrole nitrogens is 1. The maximum atomic E-state index is 5.39. The van der Waals surface area contributed by atoms with Gasteiger partial charge >= 0.3 is 0 Å². The number of hydrogen-bond acceptors (Lipinski definition) is 4. The van der Waals surface area contributed by atoms with Crippen LogP contribution in [-0.4, -0.2) is 30.0 Å². The molecule has 6 nitrogen and oxygen atoms in total. The van der Waals surface area contributed by atoms with E-state index in [-0.39, 0.29) is 0 Å². The molecule has 2 heterocycles. The third-order valence-corrected chi connectivity index (χ3v) is 2.80. The van der Waals surface area contributed by atoms with Crippen LogP contribution in [0.3, 0.4) is 0 Å². The Kier molecular flexibility index (Phi) is 3.37. The molecule has 0 saturated carbocycles. The second-order valence-corrected chi connectivity index (χ2v) is 4.68. The van der Waals surface area contributed by atoms with Gasteiger partial charge in [0.15, 0.2) is 0 Å². The highest BCUT2D eigenvalue weighted by atomic mass is 32.1. The SMILES string of the molecule is CCn1nnc(-c2c[nH]n(CC(C)C)c2=S)n1. The molecule has 0 aliphatic heterocycles. The Labute approximate surface area is 105 Å². The van der Waals surface area contributed by atoms with Crippen LogP contribution in [0.2, 0.25) is 0 Å². The van der Waals surface area contributed by atoms with E-state index < -0.39 is 0 Å². The van der Waals surface area contributed by atoms with Gasteiger partial charge in [0, 0.05) is 12.7 Å². The van der Waals surface area contributed by atoms with Crippen molar-refractivity contribution in [3.63, 3.8) is 0 Å². The van der Waals surface area contributed by atoms with Crippen LogP contribution in [-0.2, 0) is 13.1 Å². The molecule has 0 fully saturated rings. The molecule has 0 aliphatic carbocycles. The number of nitrogens with zero attached hydrogens (tertiary/aromatic N) is 5. The minimum absolute atomic E-state index is 0.535. The van der Waals surface area contributed by atoms with Crippen molar-refractivity contribution in [1.29, 1.82) is 0 Å². The van der Waals surface area contributed by atoms with Crippen molar-refractivity contribution in [2.45, 2.75) is 33.9 Å². The molecule has 0 bridgehead atoms. The topological polar surface area (TPSA) is 64.3 Å². The van der Waals surface area contributed by atoms with E-state index in [1.807, 2.05) is 17.8 Å². The summed E-state index contributed by atoms with van der Waals surface area (Å²) in [6.07, 6.45) is 1.84. The van der Waals surface area contributed by atoms with Crippen LogP contribution in [0.25, 0.3) is 11.4 Å². The summed E-state index contributed by atoms with van der Waals surface area (Å²) in [6.45, 7) is 7.83. The van der Waals surface area contributed by atoms with Gasteiger partial charge in [-0.1, -0.05) is 26.1 Å². The van der Waals surface area contributed by atoms with E-state index >= 15 is 0 Å². The monoisotopic (exact) mass is 252 g/mol. The van der Waals surface area contributed by atoms with Crippen LogP contribution in [0.5, 0.6) is 0 Å². The lowest BCUT2D eigenvalue weighted by molar-refractivity contribution is 0.479. The Morgan fingerprint density at radius 3 is 2.82 bits per heavy atom.